The first-order valence-corrected chi connectivity index (χ1v) is 14.0. The van der Waals surface area contributed by atoms with Crippen LogP contribution in [0.15, 0.2) is 53.4 Å². The number of ether oxygens (including phenoxy) is 1. The van der Waals surface area contributed by atoms with Crippen LogP contribution in [0.25, 0.3) is 10.4 Å². The van der Waals surface area contributed by atoms with Gasteiger partial charge in [0.25, 0.3) is 0 Å². The van der Waals surface area contributed by atoms with Gasteiger partial charge < -0.3 is 20.3 Å². The Labute approximate surface area is 223 Å². The van der Waals surface area contributed by atoms with E-state index in [-0.39, 0.29) is 21.6 Å². The Morgan fingerprint density at radius 1 is 1.14 bits per heavy atom. The number of benzene rings is 2. The number of anilines is 1. The molecule has 0 atom stereocenters. The molecule has 37 heavy (non-hydrogen) atoms. The van der Waals surface area contributed by atoms with Gasteiger partial charge in [0, 0.05) is 40.3 Å². The van der Waals surface area contributed by atoms with Crippen LogP contribution >= 0.6 is 22.9 Å². The zero-order valence-corrected chi connectivity index (χ0v) is 22.2. The molecule has 3 N–H and O–H groups in total. The SMILES string of the molecule is Cc1c(-c2cccc(NC3CCN(S(=O)(=O)c4cccc(Cl)c4)CC3)c2)sc(C(=O)O)c1OCC(=O)O. The predicted octanol–water partition coefficient (Wildman–Crippen LogP) is 4.80. The van der Waals surface area contributed by atoms with E-state index in [4.69, 9.17) is 21.4 Å². The summed E-state index contributed by atoms with van der Waals surface area (Å²) in [5.74, 6) is -2.32. The Bertz CT molecular complexity index is 1430. The van der Waals surface area contributed by atoms with E-state index >= 15 is 0 Å². The van der Waals surface area contributed by atoms with Gasteiger partial charge in [0.1, 0.15) is 5.75 Å². The average Bonchev–Trinajstić information content (AvgIpc) is 3.19. The highest BCUT2D eigenvalue weighted by Gasteiger charge is 2.30. The maximum absolute atomic E-state index is 13.0. The van der Waals surface area contributed by atoms with Crippen molar-refractivity contribution >= 4 is 50.6 Å². The van der Waals surface area contributed by atoms with Crippen molar-refractivity contribution in [3.05, 3.63) is 64.0 Å². The summed E-state index contributed by atoms with van der Waals surface area (Å²) < 4.78 is 32.7. The first-order chi connectivity index (χ1) is 17.6. The number of sulfonamides is 1. The third-order valence-corrected chi connectivity index (χ3v) is 9.45. The summed E-state index contributed by atoms with van der Waals surface area (Å²) in [7, 11) is -3.62. The van der Waals surface area contributed by atoms with Crippen molar-refractivity contribution in [3.8, 4) is 16.2 Å². The molecule has 196 valence electrons. The lowest BCUT2D eigenvalue weighted by molar-refractivity contribution is -0.139. The van der Waals surface area contributed by atoms with Crippen LogP contribution in [0.5, 0.6) is 5.75 Å². The number of hydrogen-bond donors (Lipinski definition) is 3. The summed E-state index contributed by atoms with van der Waals surface area (Å²) in [6.45, 7) is 1.79. The minimum absolute atomic E-state index is 0.0505. The highest BCUT2D eigenvalue weighted by atomic mass is 35.5. The highest BCUT2D eigenvalue weighted by Crippen LogP contribution is 2.42. The number of halogens is 1. The highest BCUT2D eigenvalue weighted by molar-refractivity contribution is 7.89. The summed E-state index contributed by atoms with van der Waals surface area (Å²) in [6.07, 6.45) is 1.22. The van der Waals surface area contributed by atoms with Gasteiger partial charge in [-0.25, -0.2) is 18.0 Å². The molecule has 1 fully saturated rings. The van der Waals surface area contributed by atoms with E-state index in [1.54, 1.807) is 19.1 Å². The minimum Gasteiger partial charge on any atom is -0.480 e. The Morgan fingerprint density at radius 3 is 2.49 bits per heavy atom. The Balaban J connectivity index is 1.47. The fourth-order valence-electron chi connectivity index (χ4n) is 4.23. The van der Waals surface area contributed by atoms with Crippen LogP contribution in [0, 0.1) is 6.92 Å². The van der Waals surface area contributed by atoms with Crippen LogP contribution in [-0.2, 0) is 14.8 Å². The molecule has 1 aromatic heterocycles. The fourth-order valence-corrected chi connectivity index (χ4v) is 7.08. The van der Waals surface area contributed by atoms with Gasteiger partial charge in [-0.05, 0) is 55.7 Å². The van der Waals surface area contributed by atoms with Crippen molar-refractivity contribution in [3.63, 3.8) is 0 Å². The molecule has 0 radical (unpaired) electrons. The maximum atomic E-state index is 13.0. The molecule has 1 saturated heterocycles. The van der Waals surface area contributed by atoms with Crippen molar-refractivity contribution in [2.24, 2.45) is 0 Å². The molecule has 4 rings (SSSR count). The van der Waals surface area contributed by atoms with Crippen molar-refractivity contribution < 1.29 is 33.0 Å². The van der Waals surface area contributed by atoms with Crippen LogP contribution in [0.2, 0.25) is 5.02 Å². The molecule has 1 aliphatic rings. The van der Waals surface area contributed by atoms with Gasteiger partial charge in [-0.15, -0.1) is 11.3 Å². The molecule has 3 aromatic rings. The molecule has 2 heterocycles. The van der Waals surface area contributed by atoms with Crippen LogP contribution in [0.3, 0.4) is 0 Å². The molecule has 9 nitrogen and oxygen atoms in total. The fraction of sp³-hybridized carbons (Fsp3) is 0.280. The molecular formula is C25H25ClN2O7S2. The van der Waals surface area contributed by atoms with Gasteiger partial charge in [0.05, 0.1) is 4.90 Å². The van der Waals surface area contributed by atoms with Crippen molar-refractivity contribution in [1.82, 2.24) is 4.31 Å². The first kappa shape index (κ1) is 26.9. The molecule has 1 aliphatic heterocycles. The van der Waals surface area contributed by atoms with Gasteiger partial charge in [0.2, 0.25) is 10.0 Å². The zero-order valence-electron chi connectivity index (χ0n) is 19.8. The molecule has 0 amide bonds. The number of nitrogens with zero attached hydrogens (tertiary/aromatic N) is 1. The van der Waals surface area contributed by atoms with Crippen molar-refractivity contribution in [2.75, 3.05) is 25.0 Å². The molecule has 2 aromatic carbocycles. The molecule has 0 saturated carbocycles. The molecule has 0 unspecified atom stereocenters. The lowest BCUT2D eigenvalue weighted by atomic mass is 10.0. The number of hydrogen-bond acceptors (Lipinski definition) is 7. The van der Waals surface area contributed by atoms with E-state index in [9.17, 15) is 23.1 Å². The predicted molar refractivity (Wildman–Crippen MR) is 141 cm³/mol. The summed E-state index contributed by atoms with van der Waals surface area (Å²) in [5, 5.41) is 22.3. The molecule has 0 spiro atoms. The second kappa shape index (κ2) is 11.1. The normalized spacial score (nSPS) is 14.9. The van der Waals surface area contributed by atoms with Gasteiger partial charge in [-0.1, -0.05) is 29.8 Å². The number of carboxylic acid groups (broad SMARTS) is 2. The summed E-state index contributed by atoms with van der Waals surface area (Å²) in [5.41, 5.74) is 2.13. The average molecular weight is 565 g/mol. The maximum Gasteiger partial charge on any atom is 0.349 e. The number of carbonyl (C=O) groups is 2. The third kappa shape index (κ3) is 6.07. The van der Waals surface area contributed by atoms with Crippen LogP contribution in [-0.4, -0.2) is 60.6 Å². The quantitative estimate of drug-likeness (QED) is 0.337. The topological polar surface area (TPSA) is 133 Å². The number of nitrogens with one attached hydrogen (secondary N) is 1. The molecule has 0 bridgehead atoms. The number of carboxylic acids is 2. The van der Waals surface area contributed by atoms with Crippen molar-refractivity contribution in [2.45, 2.75) is 30.7 Å². The number of rotatable bonds is 9. The van der Waals surface area contributed by atoms with Crippen LogP contribution in [0.1, 0.15) is 28.1 Å². The van der Waals surface area contributed by atoms with E-state index in [0.717, 1.165) is 22.6 Å². The Kier molecular flexibility index (Phi) is 8.08. The Hall–Kier alpha value is -3.12. The van der Waals surface area contributed by atoms with Gasteiger partial charge in [-0.3, -0.25) is 0 Å². The molecular weight excluding hydrogens is 540 g/mol. The van der Waals surface area contributed by atoms with E-state index in [2.05, 4.69) is 5.32 Å². The Morgan fingerprint density at radius 2 is 1.84 bits per heavy atom. The number of piperidine rings is 1. The molecule has 0 aliphatic carbocycles. The number of aliphatic carboxylic acids is 1. The summed E-state index contributed by atoms with van der Waals surface area (Å²) in [6, 6.07) is 13.8. The van der Waals surface area contributed by atoms with Crippen molar-refractivity contribution in [1.29, 1.82) is 0 Å². The lowest BCUT2D eigenvalue weighted by Gasteiger charge is -2.32. The van der Waals surface area contributed by atoms with E-state index in [0.29, 0.717) is 41.4 Å². The second-order valence-corrected chi connectivity index (χ2v) is 12.0. The third-order valence-electron chi connectivity index (χ3n) is 6.01. The lowest BCUT2D eigenvalue weighted by Crippen LogP contribution is -2.42. The van der Waals surface area contributed by atoms with E-state index in [1.807, 2.05) is 24.3 Å². The van der Waals surface area contributed by atoms with Crippen LogP contribution in [0.4, 0.5) is 5.69 Å². The minimum atomic E-state index is -3.62. The van der Waals surface area contributed by atoms with E-state index < -0.39 is 28.6 Å². The van der Waals surface area contributed by atoms with E-state index in [1.165, 1.54) is 16.4 Å². The largest absolute Gasteiger partial charge is 0.480 e. The first-order valence-electron chi connectivity index (χ1n) is 11.4. The van der Waals surface area contributed by atoms with Gasteiger partial charge in [-0.2, -0.15) is 4.31 Å². The van der Waals surface area contributed by atoms with Gasteiger partial charge >= 0.3 is 11.9 Å². The standard InChI is InChI=1S/C25H25ClN2O7S2/c1-15-22(35-14-21(29)30)24(25(31)32)36-23(15)16-4-2-6-19(12-16)27-18-8-10-28(11-9-18)37(33,34)20-7-3-5-17(26)13-20/h2-7,12-13,18,27H,8-11,14H2,1H3,(H,29,30)(H,31,32). The number of aromatic carboxylic acids is 1. The smallest absolute Gasteiger partial charge is 0.349 e. The summed E-state index contributed by atoms with van der Waals surface area (Å²) in [4.78, 5) is 23.4. The molecule has 12 heteroatoms. The number of thiophene rings is 1. The summed E-state index contributed by atoms with van der Waals surface area (Å²) >= 11 is 7.00. The monoisotopic (exact) mass is 564 g/mol. The second-order valence-electron chi connectivity index (χ2n) is 8.56. The van der Waals surface area contributed by atoms with Gasteiger partial charge in [0.15, 0.2) is 11.5 Å². The zero-order chi connectivity index (χ0) is 26.7. The van der Waals surface area contributed by atoms with Crippen LogP contribution < -0.4 is 10.1 Å².